The van der Waals surface area contributed by atoms with E-state index in [1.165, 1.54) is 5.56 Å². The molecule has 2 aromatic heterocycles. The Hall–Kier alpha value is -2.80. The Balaban J connectivity index is 1.77. The van der Waals surface area contributed by atoms with Gasteiger partial charge < -0.3 is 19.7 Å². The number of ether oxygens (including phenoxy) is 2. The molecule has 27 heavy (non-hydrogen) atoms. The molecule has 0 spiro atoms. The lowest BCUT2D eigenvalue weighted by Gasteiger charge is -2.28. The largest absolute Gasteiger partial charge is 0.497 e. The smallest absolute Gasteiger partial charge is 0.182 e. The molecular formula is C20H23N5O2. The van der Waals surface area contributed by atoms with Gasteiger partial charge in [-0.3, -0.25) is 4.40 Å². The van der Waals surface area contributed by atoms with E-state index in [1.54, 1.807) is 7.11 Å². The molecule has 0 radical (unpaired) electrons. The van der Waals surface area contributed by atoms with Gasteiger partial charge in [0.2, 0.25) is 0 Å². The van der Waals surface area contributed by atoms with E-state index in [1.807, 2.05) is 12.3 Å². The van der Waals surface area contributed by atoms with Gasteiger partial charge in [-0.2, -0.15) is 0 Å². The van der Waals surface area contributed by atoms with Gasteiger partial charge in [0, 0.05) is 25.2 Å². The molecule has 0 unspecified atom stereocenters. The molecule has 0 atom stereocenters. The van der Waals surface area contributed by atoms with Crippen LogP contribution in [0.4, 0.5) is 11.6 Å². The molecular weight excluding hydrogens is 342 g/mol. The summed E-state index contributed by atoms with van der Waals surface area (Å²) in [5, 5.41) is 3.58. The van der Waals surface area contributed by atoms with Crippen LogP contribution in [0.1, 0.15) is 11.3 Å². The van der Waals surface area contributed by atoms with E-state index >= 15 is 0 Å². The first-order chi connectivity index (χ1) is 13.3. The number of imidazole rings is 1. The Labute approximate surface area is 157 Å². The molecule has 140 valence electrons. The fraction of sp³-hybridized carbons (Fsp3) is 0.400. The van der Waals surface area contributed by atoms with Crippen LogP contribution in [0, 0.1) is 6.92 Å². The molecule has 5 rings (SSSR count). The van der Waals surface area contributed by atoms with Crippen molar-refractivity contribution in [2.45, 2.75) is 13.3 Å². The summed E-state index contributed by atoms with van der Waals surface area (Å²) in [7, 11) is 1.70. The first-order valence-electron chi connectivity index (χ1n) is 9.38. The van der Waals surface area contributed by atoms with Gasteiger partial charge in [-0.1, -0.05) is 6.07 Å². The third-order valence-electron chi connectivity index (χ3n) is 5.39. The number of rotatable bonds is 2. The SMILES string of the molecule is COc1ccc2c(c1)-c1cnc(N3CCOCC3)c3nc(C)c(n13)NCC2. The van der Waals surface area contributed by atoms with Crippen LogP contribution in [-0.2, 0) is 11.2 Å². The van der Waals surface area contributed by atoms with E-state index in [0.717, 1.165) is 79.3 Å². The summed E-state index contributed by atoms with van der Waals surface area (Å²) in [5.74, 6) is 2.82. The highest BCUT2D eigenvalue weighted by Gasteiger charge is 2.24. The number of anilines is 2. The number of hydrogen-bond acceptors (Lipinski definition) is 6. The summed E-state index contributed by atoms with van der Waals surface area (Å²) in [6.07, 6.45) is 2.91. The molecule has 0 bridgehead atoms. The highest BCUT2D eigenvalue weighted by atomic mass is 16.5. The average Bonchev–Trinajstić information content (AvgIpc) is 3.02. The van der Waals surface area contributed by atoms with Crippen LogP contribution in [0.2, 0.25) is 0 Å². The first kappa shape index (κ1) is 16.4. The number of morpholine rings is 1. The minimum absolute atomic E-state index is 0.723. The van der Waals surface area contributed by atoms with Crippen LogP contribution in [-0.4, -0.2) is 54.3 Å². The van der Waals surface area contributed by atoms with Crippen molar-refractivity contribution in [3.05, 3.63) is 35.7 Å². The van der Waals surface area contributed by atoms with Gasteiger partial charge in [0.15, 0.2) is 11.5 Å². The summed E-state index contributed by atoms with van der Waals surface area (Å²) in [6.45, 7) is 6.03. The van der Waals surface area contributed by atoms with Crippen molar-refractivity contribution in [2.24, 2.45) is 0 Å². The number of nitrogens with one attached hydrogen (secondary N) is 1. The second-order valence-electron chi connectivity index (χ2n) is 6.97. The van der Waals surface area contributed by atoms with Crippen LogP contribution in [0.25, 0.3) is 16.9 Å². The Morgan fingerprint density at radius 2 is 2.07 bits per heavy atom. The van der Waals surface area contributed by atoms with E-state index < -0.39 is 0 Å². The number of fused-ring (bicyclic) bond motifs is 2. The highest BCUT2D eigenvalue weighted by Crippen LogP contribution is 2.35. The number of benzene rings is 1. The minimum Gasteiger partial charge on any atom is -0.497 e. The van der Waals surface area contributed by atoms with Crippen LogP contribution in [0.3, 0.4) is 0 Å². The second kappa shape index (κ2) is 6.42. The summed E-state index contributed by atoms with van der Waals surface area (Å²) in [5.41, 5.74) is 5.36. The standard InChI is InChI=1S/C20H23N5O2/c1-13-18-21-6-5-14-3-4-15(26-2)11-16(14)17-12-22-19(20(23-13)25(17)18)24-7-9-27-10-8-24/h3-4,11-12,21H,5-10H2,1-2H3. The lowest BCUT2D eigenvalue weighted by molar-refractivity contribution is 0.122. The fourth-order valence-corrected chi connectivity index (χ4v) is 4.00. The van der Waals surface area contributed by atoms with E-state index in [9.17, 15) is 0 Å². The number of aryl methyl sites for hydroxylation is 1. The number of aromatic nitrogens is 3. The predicted molar refractivity (Wildman–Crippen MR) is 105 cm³/mol. The third-order valence-corrected chi connectivity index (χ3v) is 5.39. The van der Waals surface area contributed by atoms with Gasteiger partial charge >= 0.3 is 0 Å². The monoisotopic (exact) mass is 365 g/mol. The number of hydrogen-bond donors (Lipinski definition) is 1. The van der Waals surface area contributed by atoms with Crippen molar-refractivity contribution < 1.29 is 9.47 Å². The highest BCUT2D eigenvalue weighted by molar-refractivity contribution is 5.78. The van der Waals surface area contributed by atoms with Gasteiger partial charge in [0.05, 0.1) is 37.9 Å². The number of methoxy groups -OCH3 is 1. The van der Waals surface area contributed by atoms with E-state index in [-0.39, 0.29) is 0 Å². The average molecular weight is 365 g/mol. The van der Waals surface area contributed by atoms with Crippen molar-refractivity contribution in [3.8, 4) is 17.0 Å². The van der Waals surface area contributed by atoms with Crippen molar-refractivity contribution in [1.82, 2.24) is 14.4 Å². The van der Waals surface area contributed by atoms with Crippen molar-refractivity contribution in [3.63, 3.8) is 0 Å². The summed E-state index contributed by atoms with van der Waals surface area (Å²) >= 11 is 0. The molecule has 7 nitrogen and oxygen atoms in total. The maximum atomic E-state index is 5.50. The zero-order valence-electron chi connectivity index (χ0n) is 15.7. The van der Waals surface area contributed by atoms with Crippen molar-refractivity contribution in [1.29, 1.82) is 0 Å². The molecule has 2 aliphatic heterocycles. The Kier molecular flexibility index (Phi) is 3.89. The quantitative estimate of drug-likeness (QED) is 0.753. The Morgan fingerprint density at radius 1 is 1.22 bits per heavy atom. The molecule has 4 heterocycles. The maximum absolute atomic E-state index is 5.50. The minimum atomic E-state index is 0.723. The maximum Gasteiger partial charge on any atom is 0.182 e. The normalized spacial score (nSPS) is 16.4. The van der Waals surface area contributed by atoms with E-state index in [2.05, 4.69) is 33.7 Å². The zero-order valence-corrected chi connectivity index (χ0v) is 15.7. The summed E-state index contributed by atoms with van der Waals surface area (Å²) in [4.78, 5) is 12.0. The predicted octanol–water partition coefficient (Wildman–Crippen LogP) is 2.52. The van der Waals surface area contributed by atoms with E-state index in [0.29, 0.717) is 0 Å². The van der Waals surface area contributed by atoms with E-state index in [4.69, 9.17) is 19.4 Å². The molecule has 3 aromatic rings. The van der Waals surface area contributed by atoms with Crippen LogP contribution >= 0.6 is 0 Å². The first-order valence-corrected chi connectivity index (χ1v) is 9.38. The topological polar surface area (TPSA) is 63.9 Å². The van der Waals surface area contributed by atoms with Gasteiger partial charge in [-0.25, -0.2) is 9.97 Å². The molecule has 0 saturated carbocycles. The molecule has 1 saturated heterocycles. The Morgan fingerprint density at radius 3 is 2.89 bits per heavy atom. The van der Waals surface area contributed by atoms with Crippen LogP contribution in [0.15, 0.2) is 24.4 Å². The molecule has 0 aliphatic carbocycles. The van der Waals surface area contributed by atoms with Crippen LogP contribution in [0.5, 0.6) is 5.75 Å². The van der Waals surface area contributed by atoms with Gasteiger partial charge in [-0.05, 0) is 31.0 Å². The third kappa shape index (κ3) is 2.61. The summed E-state index contributed by atoms with van der Waals surface area (Å²) < 4.78 is 13.2. The number of nitrogens with zero attached hydrogens (tertiary/aromatic N) is 4. The molecule has 1 N–H and O–H groups in total. The fourth-order valence-electron chi connectivity index (χ4n) is 4.00. The molecule has 0 amide bonds. The lowest BCUT2D eigenvalue weighted by Crippen LogP contribution is -2.37. The van der Waals surface area contributed by atoms with Gasteiger partial charge in [-0.15, -0.1) is 0 Å². The molecule has 1 fully saturated rings. The molecule has 7 heteroatoms. The Bertz CT molecular complexity index is 1010. The summed E-state index contributed by atoms with van der Waals surface area (Å²) in [6, 6.07) is 6.27. The van der Waals surface area contributed by atoms with Crippen LogP contribution < -0.4 is 15.0 Å². The molecule has 1 aromatic carbocycles. The second-order valence-corrected chi connectivity index (χ2v) is 6.97. The lowest BCUT2D eigenvalue weighted by atomic mass is 10.0. The van der Waals surface area contributed by atoms with Gasteiger partial charge in [0.25, 0.3) is 0 Å². The van der Waals surface area contributed by atoms with Gasteiger partial charge in [0.1, 0.15) is 11.6 Å². The van der Waals surface area contributed by atoms with Crippen molar-refractivity contribution in [2.75, 3.05) is 50.2 Å². The molecule has 2 aliphatic rings. The van der Waals surface area contributed by atoms with Crippen molar-refractivity contribution >= 4 is 17.3 Å². The zero-order chi connectivity index (χ0) is 18.4.